The summed E-state index contributed by atoms with van der Waals surface area (Å²) in [6.45, 7) is 10.4. The molecule has 0 spiro atoms. The van der Waals surface area contributed by atoms with E-state index in [0.29, 0.717) is 5.92 Å². The number of hydrogen-bond acceptors (Lipinski definition) is 4. The van der Waals surface area contributed by atoms with Crippen molar-refractivity contribution in [3.63, 3.8) is 0 Å². The van der Waals surface area contributed by atoms with Gasteiger partial charge in [-0.15, -0.1) is 0 Å². The second-order valence-corrected chi connectivity index (χ2v) is 7.55. The molecule has 1 saturated heterocycles. The lowest BCUT2D eigenvalue weighted by Crippen LogP contribution is -2.44. The van der Waals surface area contributed by atoms with Crippen LogP contribution in [0.3, 0.4) is 0 Å². The molecule has 0 radical (unpaired) electrons. The van der Waals surface area contributed by atoms with Crippen molar-refractivity contribution in [3.8, 4) is 0 Å². The quantitative estimate of drug-likeness (QED) is 0.783. The van der Waals surface area contributed by atoms with Crippen molar-refractivity contribution < 1.29 is 19.2 Å². The molecule has 0 bridgehead atoms. The summed E-state index contributed by atoms with van der Waals surface area (Å²) in [5.74, 6) is -0.302. The molecule has 2 N–H and O–H groups in total. The zero-order valence-electron chi connectivity index (χ0n) is 15.4. The molecule has 0 aliphatic carbocycles. The molecular weight excluding hydrogens is 305 g/mol. The maximum absolute atomic E-state index is 11.1. The first-order valence-electron chi connectivity index (χ1n) is 8.47. The Balaban J connectivity index is 2.29. The van der Waals surface area contributed by atoms with Gasteiger partial charge in [0.1, 0.15) is 5.60 Å². The average Bonchev–Trinajstić information content (AvgIpc) is 2.75. The highest BCUT2D eigenvalue weighted by Crippen LogP contribution is 2.45. The molecule has 0 aromatic heterocycles. The van der Waals surface area contributed by atoms with Gasteiger partial charge in [-0.3, -0.25) is 0 Å². The van der Waals surface area contributed by atoms with E-state index >= 15 is 0 Å². The van der Waals surface area contributed by atoms with Gasteiger partial charge in [0.15, 0.2) is 0 Å². The van der Waals surface area contributed by atoms with Crippen LogP contribution in [0.2, 0.25) is 0 Å². The lowest BCUT2D eigenvalue weighted by Gasteiger charge is -2.37. The Kier molecular flexibility index (Phi) is 5.42. The number of benzene rings is 1. The molecule has 1 aliphatic heterocycles. The Morgan fingerprint density at radius 2 is 1.79 bits per heavy atom. The summed E-state index contributed by atoms with van der Waals surface area (Å²) in [7, 11) is 1.57. The predicted molar refractivity (Wildman–Crippen MR) is 95.1 cm³/mol. The highest BCUT2D eigenvalue weighted by molar-refractivity contribution is 6.47. The Hall–Kier alpha value is -1.37. The molecule has 0 saturated carbocycles. The second-order valence-electron chi connectivity index (χ2n) is 7.55. The minimum atomic E-state index is -0.931. The summed E-state index contributed by atoms with van der Waals surface area (Å²) in [5, 5.41) is 12.4. The van der Waals surface area contributed by atoms with Gasteiger partial charge in [0.2, 0.25) is 0 Å². The normalized spacial score (nSPS) is 24.4. The summed E-state index contributed by atoms with van der Waals surface area (Å²) < 4.78 is 12.6. The van der Waals surface area contributed by atoms with Crippen LogP contribution >= 0.6 is 0 Å². The van der Waals surface area contributed by atoms with Gasteiger partial charge >= 0.3 is 13.1 Å². The number of rotatable bonds is 6. The third kappa shape index (κ3) is 3.51. The first-order chi connectivity index (χ1) is 11.1. The monoisotopic (exact) mass is 333 g/mol. The van der Waals surface area contributed by atoms with Crippen molar-refractivity contribution >= 4 is 13.1 Å². The predicted octanol–water partition coefficient (Wildman–Crippen LogP) is 3.09. The number of nitrogens with one attached hydrogen (secondary N) is 1. The number of hydrogen-bond donors (Lipinski definition) is 2. The smallest absolute Gasteiger partial charge is 0.476 e. The van der Waals surface area contributed by atoms with Crippen LogP contribution in [0.1, 0.15) is 57.0 Å². The van der Waals surface area contributed by atoms with Crippen LogP contribution in [-0.4, -0.2) is 36.8 Å². The molecule has 0 amide bonds. The molecule has 24 heavy (non-hydrogen) atoms. The minimum Gasteiger partial charge on any atom is -0.478 e. The van der Waals surface area contributed by atoms with E-state index in [1.807, 2.05) is 40.0 Å². The fourth-order valence-corrected chi connectivity index (χ4v) is 3.18. The van der Waals surface area contributed by atoms with Crippen LogP contribution in [0.25, 0.3) is 0 Å². The molecular formula is C18H28BNO4. The number of carbonyl (C=O) groups is 1. The fourth-order valence-electron chi connectivity index (χ4n) is 3.18. The Labute approximate surface area is 144 Å². The van der Waals surface area contributed by atoms with E-state index in [2.05, 4.69) is 19.2 Å². The fraction of sp³-hybridized carbons (Fsp3) is 0.611. The summed E-state index contributed by atoms with van der Waals surface area (Å²) in [5.41, 5.74) is -0.00198. The van der Waals surface area contributed by atoms with Gasteiger partial charge in [-0.1, -0.05) is 26.0 Å². The van der Waals surface area contributed by atoms with Gasteiger partial charge in [-0.05, 0) is 57.9 Å². The molecule has 1 aliphatic rings. The maximum atomic E-state index is 11.1. The average molecular weight is 333 g/mol. The first-order valence-corrected chi connectivity index (χ1v) is 8.47. The Bertz CT molecular complexity index is 587. The van der Waals surface area contributed by atoms with Crippen molar-refractivity contribution in [1.29, 1.82) is 0 Å². The molecule has 5 nitrogen and oxygen atoms in total. The van der Waals surface area contributed by atoms with Crippen molar-refractivity contribution in [2.75, 3.05) is 7.05 Å². The number of carboxylic acids is 1. The standard InChI is InChI=1S/C18H28BNO4/c1-12(2)11-15(20-6)19-23-17(3,4)18(5,24-19)14-9-7-13(8-10-14)16(21)22/h7-10,12,15,20H,11H2,1-6H3,(H,21,22). The molecule has 2 rings (SSSR count). The summed E-state index contributed by atoms with van der Waals surface area (Å²) in [6, 6.07) is 6.85. The van der Waals surface area contributed by atoms with Gasteiger partial charge in [0, 0.05) is 5.94 Å². The van der Waals surface area contributed by atoms with Crippen LogP contribution in [-0.2, 0) is 14.9 Å². The molecule has 1 aromatic rings. The summed E-state index contributed by atoms with van der Waals surface area (Å²) in [6.07, 6.45) is 0.950. The number of carboxylic acid groups (broad SMARTS) is 1. The SMILES string of the molecule is CNC(CC(C)C)B1OC(C)(C)C(C)(c2ccc(C(=O)O)cc2)O1. The van der Waals surface area contributed by atoms with E-state index in [0.717, 1.165) is 12.0 Å². The van der Waals surface area contributed by atoms with Crippen molar-refractivity contribution in [2.24, 2.45) is 5.92 Å². The highest BCUT2D eigenvalue weighted by atomic mass is 16.7. The molecule has 132 valence electrons. The van der Waals surface area contributed by atoms with Gasteiger partial charge in [-0.2, -0.15) is 0 Å². The van der Waals surface area contributed by atoms with Crippen LogP contribution < -0.4 is 5.32 Å². The summed E-state index contributed by atoms with van der Waals surface area (Å²) in [4.78, 5) is 11.1. The van der Waals surface area contributed by atoms with E-state index in [1.54, 1.807) is 12.1 Å². The molecule has 1 fully saturated rings. The van der Waals surface area contributed by atoms with E-state index < -0.39 is 17.2 Å². The van der Waals surface area contributed by atoms with E-state index in [9.17, 15) is 4.79 Å². The third-order valence-electron chi connectivity index (χ3n) is 5.02. The van der Waals surface area contributed by atoms with Gasteiger partial charge < -0.3 is 19.7 Å². The van der Waals surface area contributed by atoms with Crippen molar-refractivity contribution in [3.05, 3.63) is 35.4 Å². The lowest BCUT2D eigenvalue weighted by atomic mass is 9.74. The van der Waals surface area contributed by atoms with E-state index in [1.165, 1.54) is 0 Å². The van der Waals surface area contributed by atoms with Gasteiger partial charge in [-0.25, -0.2) is 4.79 Å². The van der Waals surface area contributed by atoms with Gasteiger partial charge in [0.25, 0.3) is 0 Å². The van der Waals surface area contributed by atoms with Crippen molar-refractivity contribution in [1.82, 2.24) is 5.32 Å². The molecule has 6 heteroatoms. The molecule has 1 aromatic carbocycles. The van der Waals surface area contributed by atoms with Crippen LogP contribution in [0.15, 0.2) is 24.3 Å². The highest BCUT2D eigenvalue weighted by Gasteiger charge is 2.56. The largest absolute Gasteiger partial charge is 0.478 e. The topological polar surface area (TPSA) is 67.8 Å². The third-order valence-corrected chi connectivity index (χ3v) is 5.02. The van der Waals surface area contributed by atoms with Crippen LogP contribution in [0, 0.1) is 5.92 Å². The van der Waals surface area contributed by atoms with E-state index in [-0.39, 0.29) is 18.6 Å². The van der Waals surface area contributed by atoms with Crippen molar-refractivity contribution in [2.45, 2.75) is 58.2 Å². The molecule has 2 atom stereocenters. The lowest BCUT2D eigenvalue weighted by molar-refractivity contribution is -0.0133. The summed E-state index contributed by atoms with van der Waals surface area (Å²) >= 11 is 0. The number of aromatic carboxylic acids is 1. The first kappa shape index (κ1) is 19.0. The van der Waals surface area contributed by atoms with Gasteiger partial charge in [0.05, 0.1) is 11.2 Å². The minimum absolute atomic E-state index is 0.101. The Morgan fingerprint density at radius 3 is 2.25 bits per heavy atom. The Morgan fingerprint density at radius 1 is 1.21 bits per heavy atom. The zero-order valence-corrected chi connectivity index (χ0v) is 15.4. The molecule has 2 unspecified atom stereocenters. The second kappa shape index (κ2) is 6.86. The maximum Gasteiger partial charge on any atom is 0.476 e. The van der Waals surface area contributed by atoms with Crippen LogP contribution in [0.5, 0.6) is 0 Å². The zero-order chi connectivity index (χ0) is 18.1. The van der Waals surface area contributed by atoms with Crippen LogP contribution in [0.4, 0.5) is 0 Å². The molecule has 1 heterocycles. The van der Waals surface area contributed by atoms with E-state index in [4.69, 9.17) is 14.4 Å².